The highest BCUT2D eigenvalue weighted by Gasteiger charge is 2.61. The fraction of sp³-hybridized carbons (Fsp3) is 0.522. The number of nitrogens with zero attached hydrogens (tertiary/aromatic N) is 2. The third-order valence-electron chi connectivity index (χ3n) is 5.90. The lowest BCUT2D eigenvalue weighted by molar-refractivity contribution is -0.192. The van der Waals surface area contributed by atoms with Gasteiger partial charge in [0.25, 0.3) is 0 Å². The Balaban J connectivity index is 0.000000509. The summed E-state index contributed by atoms with van der Waals surface area (Å²) in [6.07, 6.45) is 4.13. The van der Waals surface area contributed by atoms with Crippen molar-refractivity contribution in [2.24, 2.45) is 5.41 Å². The van der Waals surface area contributed by atoms with Crippen LogP contribution >= 0.6 is 15.9 Å². The van der Waals surface area contributed by atoms with E-state index < -0.39 is 12.1 Å². The number of allylic oxidation sites excluding steroid dienone is 1. The number of hydrogen-bond donors (Lipinski definition) is 3. The van der Waals surface area contributed by atoms with E-state index >= 15 is 0 Å². The smallest absolute Gasteiger partial charge is 0.475 e. The highest BCUT2D eigenvalue weighted by Crippen LogP contribution is 2.55. The van der Waals surface area contributed by atoms with Gasteiger partial charge in [0, 0.05) is 23.6 Å². The van der Waals surface area contributed by atoms with Gasteiger partial charge < -0.3 is 20.6 Å². The first kappa shape index (κ1) is 28.0. The Labute approximate surface area is 205 Å². The summed E-state index contributed by atoms with van der Waals surface area (Å²) in [6, 6.07) is 4.03. The number of fused-ring (bicyclic) bond motifs is 1. The number of anilines is 1. The summed E-state index contributed by atoms with van der Waals surface area (Å²) in [5.41, 5.74) is 1.07. The lowest BCUT2D eigenvalue weighted by atomic mass is 9.98. The molecule has 0 spiro atoms. The Bertz CT molecular complexity index is 912. The zero-order chi connectivity index (χ0) is 25.5. The molecule has 11 heteroatoms. The fourth-order valence-corrected chi connectivity index (χ4v) is 4.44. The van der Waals surface area contributed by atoms with Crippen LogP contribution in [0.3, 0.4) is 0 Å². The van der Waals surface area contributed by atoms with Crippen molar-refractivity contribution in [3.63, 3.8) is 0 Å². The third kappa shape index (κ3) is 7.92. The summed E-state index contributed by atoms with van der Waals surface area (Å²) in [7, 11) is 2.19. The molecule has 1 aliphatic carbocycles. The molecule has 2 fully saturated rings. The van der Waals surface area contributed by atoms with Crippen molar-refractivity contribution in [3.05, 3.63) is 41.5 Å². The van der Waals surface area contributed by atoms with Crippen molar-refractivity contribution in [1.82, 2.24) is 15.2 Å². The van der Waals surface area contributed by atoms with Gasteiger partial charge in [0.05, 0.1) is 6.04 Å². The topological polar surface area (TPSA) is 94.6 Å². The summed E-state index contributed by atoms with van der Waals surface area (Å²) in [5, 5.41) is 13.6. The van der Waals surface area contributed by atoms with Crippen LogP contribution in [0.5, 0.6) is 0 Å². The van der Waals surface area contributed by atoms with E-state index in [-0.39, 0.29) is 17.4 Å². The van der Waals surface area contributed by atoms with Crippen LogP contribution in [0.2, 0.25) is 0 Å². The predicted octanol–water partition coefficient (Wildman–Crippen LogP) is 4.47. The van der Waals surface area contributed by atoms with Gasteiger partial charge in [0.2, 0.25) is 5.91 Å². The molecular formula is C23H30BrF3N4O3. The number of halogens is 4. The van der Waals surface area contributed by atoms with Crippen molar-refractivity contribution in [2.45, 2.75) is 50.4 Å². The number of carbonyl (C=O) groups is 2. The van der Waals surface area contributed by atoms with Crippen LogP contribution in [-0.2, 0) is 9.59 Å². The third-order valence-corrected chi connectivity index (χ3v) is 6.34. The van der Waals surface area contributed by atoms with Crippen molar-refractivity contribution >= 4 is 39.7 Å². The number of alkyl halides is 3. The van der Waals surface area contributed by atoms with Gasteiger partial charge >= 0.3 is 12.1 Å². The van der Waals surface area contributed by atoms with Gasteiger partial charge in [-0.15, -0.1) is 6.58 Å². The second-order valence-electron chi connectivity index (χ2n) is 8.63. The molecule has 1 amide bonds. The Hall–Kier alpha value is -2.24. The molecule has 0 bridgehead atoms. The van der Waals surface area contributed by atoms with Crippen molar-refractivity contribution in [3.8, 4) is 0 Å². The summed E-state index contributed by atoms with van der Waals surface area (Å²) in [4.78, 5) is 28.4. The number of nitrogens with one attached hydrogen (secondary N) is 2. The number of piperidine rings is 1. The first-order valence-electron chi connectivity index (χ1n) is 10.9. The van der Waals surface area contributed by atoms with Gasteiger partial charge in [-0.05, 0) is 73.8 Å². The molecule has 1 aromatic rings. The van der Waals surface area contributed by atoms with Gasteiger partial charge in [0.15, 0.2) is 0 Å². The second-order valence-corrected chi connectivity index (χ2v) is 9.45. The Morgan fingerprint density at radius 3 is 2.62 bits per heavy atom. The summed E-state index contributed by atoms with van der Waals surface area (Å²) in [6.45, 7) is 9.72. The van der Waals surface area contributed by atoms with E-state index in [4.69, 9.17) is 9.90 Å². The lowest BCUT2D eigenvalue weighted by Crippen LogP contribution is -2.38. The Kier molecular flexibility index (Phi) is 9.84. The monoisotopic (exact) mass is 546 g/mol. The number of aliphatic carboxylic acids is 1. The number of pyridine rings is 1. The number of hydrogen-bond acceptors (Lipinski definition) is 5. The summed E-state index contributed by atoms with van der Waals surface area (Å²) < 4.78 is 32.4. The van der Waals surface area contributed by atoms with Gasteiger partial charge in [-0.3, -0.25) is 4.79 Å². The minimum absolute atomic E-state index is 0.0103. The zero-order valence-corrected chi connectivity index (χ0v) is 20.6. The zero-order valence-electron chi connectivity index (χ0n) is 19.0. The maximum absolute atomic E-state index is 12.7. The van der Waals surface area contributed by atoms with Crippen molar-refractivity contribution in [2.75, 3.05) is 25.5 Å². The molecule has 34 heavy (non-hydrogen) atoms. The molecule has 1 aliphatic heterocycles. The molecule has 0 aromatic carbocycles. The molecule has 3 rings (SSSR count). The molecule has 7 nitrogen and oxygen atoms in total. The van der Waals surface area contributed by atoms with Crippen molar-refractivity contribution in [1.29, 1.82) is 0 Å². The van der Waals surface area contributed by atoms with E-state index in [1.165, 1.54) is 19.3 Å². The van der Waals surface area contributed by atoms with Gasteiger partial charge in [-0.1, -0.05) is 18.7 Å². The molecule has 1 saturated heterocycles. The van der Waals surface area contributed by atoms with Crippen LogP contribution in [0.1, 0.15) is 37.7 Å². The average Bonchev–Trinajstić information content (AvgIpc) is 3.29. The SMILES string of the molecule is C=CCCCCN(C)C[C@@]12C[C@@H](C(=O)Nc3nc(Br)ccc3C=C)N[C@@H]1C2.O=C(O)C(F)(F)F. The van der Waals surface area contributed by atoms with Gasteiger partial charge in [0.1, 0.15) is 10.4 Å². The number of rotatable bonds is 10. The van der Waals surface area contributed by atoms with Crippen LogP contribution in [-0.4, -0.2) is 65.3 Å². The minimum atomic E-state index is -5.08. The summed E-state index contributed by atoms with van der Waals surface area (Å²) in [5.74, 6) is -2.21. The largest absolute Gasteiger partial charge is 0.490 e. The molecule has 1 saturated carbocycles. The molecule has 2 heterocycles. The van der Waals surface area contributed by atoms with Crippen LogP contribution < -0.4 is 10.6 Å². The van der Waals surface area contributed by atoms with E-state index in [0.29, 0.717) is 16.5 Å². The number of carboxylic acids is 1. The summed E-state index contributed by atoms with van der Waals surface area (Å²) >= 11 is 3.36. The first-order chi connectivity index (χ1) is 15.9. The van der Waals surface area contributed by atoms with E-state index in [1.54, 1.807) is 6.08 Å². The molecule has 2 aliphatic rings. The van der Waals surface area contributed by atoms with Crippen LogP contribution in [0.25, 0.3) is 6.08 Å². The number of carbonyl (C=O) groups excluding carboxylic acids is 1. The molecule has 3 atom stereocenters. The van der Waals surface area contributed by atoms with Crippen LogP contribution in [0.4, 0.5) is 19.0 Å². The molecule has 1 aromatic heterocycles. The predicted molar refractivity (Wildman–Crippen MR) is 128 cm³/mol. The molecular weight excluding hydrogens is 517 g/mol. The highest BCUT2D eigenvalue weighted by atomic mass is 79.9. The highest BCUT2D eigenvalue weighted by molar-refractivity contribution is 9.10. The lowest BCUT2D eigenvalue weighted by Gasteiger charge is -2.23. The maximum atomic E-state index is 12.7. The quantitative estimate of drug-likeness (QED) is 0.228. The minimum Gasteiger partial charge on any atom is -0.475 e. The van der Waals surface area contributed by atoms with Gasteiger partial charge in [-0.2, -0.15) is 13.2 Å². The van der Waals surface area contributed by atoms with Crippen molar-refractivity contribution < 1.29 is 27.9 Å². The van der Waals surface area contributed by atoms with Gasteiger partial charge in [-0.25, -0.2) is 9.78 Å². The number of amides is 1. The second kappa shape index (κ2) is 11.9. The van der Waals surface area contributed by atoms with Crippen LogP contribution in [0.15, 0.2) is 36.0 Å². The molecule has 188 valence electrons. The van der Waals surface area contributed by atoms with E-state index in [9.17, 15) is 18.0 Å². The van der Waals surface area contributed by atoms with Crippen LogP contribution in [0, 0.1) is 5.41 Å². The molecule has 0 unspecified atom stereocenters. The Morgan fingerprint density at radius 1 is 1.35 bits per heavy atom. The first-order valence-corrected chi connectivity index (χ1v) is 11.7. The van der Waals surface area contributed by atoms with E-state index in [0.717, 1.165) is 31.5 Å². The number of aromatic nitrogens is 1. The Morgan fingerprint density at radius 2 is 2.03 bits per heavy atom. The maximum Gasteiger partial charge on any atom is 0.490 e. The molecule has 3 N–H and O–H groups in total. The number of unbranched alkanes of at least 4 members (excludes halogenated alkanes) is 2. The number of carboxylic acid groups (broad SMARTS) is 1. The average molecular weight is 547 g/mol. The normalized spacial score (nSPS) is 22.9. The standard InChI is InChI=1S/C21H29BrN4O.C2HF3O2/c1-4-6-7-8-11-26(3)14-21-12-16(23-17(21)13-21)20(27)25-19-15(5-2)9-10-18(22)24-19;3-2(4,5)1(6)7/h4-5,9-10,16-17,23H,1-2,6-8,11-14H2,3H3,(H,24,25,27);(H,6,7)/t16-,17+,21-;/m0./s1. The van der Waals surface area contributed by atoms with E-state index in [2.05, 4.69) is 56.7 Å². The fourth-order valence-electron chi connectivity index (χ4n) is 4.13. The molecule has 0 radical (unpaired) electrons. The van der Waals surface area contributed by atoms with E-state index in [1.807, 2.05) is 18.2 Å².